The maximum Gasteiger partial charge on any atom is 0.242 e. The number of nitro groups is 1. The molecule has 76 valence electrons. The van der Waals surface area contributed by atoms with Gasteiger partial charge in [-0.1, -0.05) is 27.7 Å². The molecule has 0 aliphatic carbocycles. The van der Waals surface area contributed by atoms with Gasteiger partial charge in [0.1, 0.15) is 0 Å². The standard InChI is InChI=1S/C10H19NO2/c1-5-9(4)7-10(11(12)13)6-8(2)3/h7-9H,5-6H2,1-4H3/b10-7-. The third-order valence-corrected chi connectivity index (χ3v) is 1.97. The molecular formula is C10H19NO2. The van der Waals surface area contributed by atoms with Crippen LogP contribution in [0, 0.1) is 22.0 Å². The SMILES string of the molecule is CCC(C)/C=C(/CC(C)C)[N+](=O)[O-]. The first-order chi connectivity index (χ1) is 5.97. The Morgan fingerprint density at radius 3 is 2.31 bits per heavy atom. The van der Waals surface area contributed by atoms with E-state index in [1.165, 1.54) is 0 Å². The second-order valence-corrected chi connectivity index (χ2v) is 3.90. The van der Waals surface area contributed by atoms with Crippen LogP contribution in [-0.4, -0.2) is 4.92 Å². The van der Waals surface area contributed by atoms with Gasteiger partial charge in [0.2, 0.25) is 5.70 Å². The summed E-state index contributed by atoms with van der Waals surface area (Å²) in [5.74, 6) is 0.653. The predicted octanol–water partition coefficient (Wildman–Crippen LogP) is 3.24. The highest BCUT2D eigenvalue weighted by Gasteiger charge is 2.13. The minimum Gasteiger partial charge on any atom is -0.259 e. The fraction of sp³-hybridized carbons (Fsp3) is 0.800. The quantitative estimate of drug-likeness (QED) is 0.487. The van der Waals surface area contributed by atoms with Crippen LogP contribution in [0.25, 0.3) is 0 Å². The maximum atomic E-state index is 10.6. The Morgan fingerprint density at radius 1 is 1.46 bits per heavy atom. The van der Waals surface area contributed by atoms with Gasteiger partial charge in [0, 0.05) is 6.42 Å². The zero-order valence-electron chi connectivity index (χ0n) is 8.91. The molecule has 0 spiro atoms. The fourth-order valence-electron chi connectivity index (χ4n) is 1.07. The van der Waals surface area contributed by atoms with Crippen molar-refractivity contribution in [1.29, 1.82) is 0 Å². The van der Waals surface area contributed by atoms with Crippen LogP contribution >= 0.6 is 0 Å². The third-order valence-electron chi connectivity index (χ3n) is 1.97. The number of rotatable bonds is 5. The van der Waals surface area contributed by atoms with Crippen molar-refractivity contribution in [3.8, 4) is 0 Å². The molecule has 3 heteroatoms. The van der Waals surface area contributed by atoms with E-state index in [-0.39, 0.29) is 4.92 Å². The molecule has 0 saturated carbocycles. The van der Waals surface area contributed by atoms with Crippen molar-refractivity contribution in [2.75, 3.05) is 0 Å². The van der Waals surface area contributed by atoms with E-state index in [4.69, 9.17) is 0 Å². The van der Waals surface area contributed by atoms with Gasteiger partial charge in [0.25, 0.3) is 0 Å². The second-order valence-electron chi connectivity index (χ2n) is 3.90. The van der Waals surface area contributed by atoms with Crippen molar-refractivity contribution in [2.45, 2.75) is 40.5 Å². The van der Waals surface area contributed by atoms with E-state index in [1.807, 2.05) is 27.7 Å². The monoisotopic (exact) mass is 185 g/mol. The zero-order chi connectivity index (χ0) is 10.4. The summed E-state index contributed by atoms with van der Waals surface area (Å²) in [6, 6.07) is 0. The van der Waals surface area contributed by atoms with Crippen LogP contribution in [0.2, 0.25) is 0 Å². The average Bonchev–Trinajstić information content (AvgIpc) is 2.02. The summed E-state index contributed by atoms with van der Waals surface area (Å²) in [6.07, 6.45) is 3.30. The summed E-state index contributed by atoms with van der Waals surface area (Å²) in [5, 5.41) is 10.6. The van der Waals surface area contributed by atoms with E-state index in [1.54, 1.807) is 6.08 Å². The molecule has 0 N–H and O–H groups in total. The highest BCUT2D eigenvalue weighted by Crippen LogP contribution is 2.15. The minimum absolute atomic E-state index is 0.258. The van der Waals surface area contributed by atoms with E-state index < -0.39 is 0 Å². The van der Waals surface area contributed by atoms with Crippen LogP contribution in [0.4, 0.5) is 0 Å². The van der Waals surface area contributed by atoms with Gasteiger partial charge in [-0.3, -0.25) is 10.1 Å². The third kappa shape index (κ3) is 5.39. The molecule has 0 aromatic rings. The molecule has 0 bridgehead atoms. The Bertz CT molecular complexity index is 197. The molecule has 0 aliphatic heterocycles. The van der Waals surface area contributed by atoms with Gasteiger partial charge in [-0.2, -0.15) is 0 Å². The molecule has 0 amide bonds. The molecule has 0 aliphatic rings. The molecule has 0 aromatic carbocycles. The molecule has 3 nitrogen and oxygen atoms in total. The summed E-state index contributed by atoms with van der Waals surface area (Å²) in [4.78, 5) is 10.4. The Morgan fingerprint density at radius 2 is 2.00 bits per heavy atom. The van der Waals surface area contributed by atoms with Crippen molar-refractivity contribution < 1.29 is 4.92 Å². The molecule has 0 aromatic heterocycles. The molecule has 13 heavy (non-hydrogen) atoms. The summed E-state index contributed by atoms with van der Waals surface area (Å²) in [7, 11) is 0. The summed E-state index contributed by atoms with van der Waals surface area (Å²) in [6.45, 7) is 8.03. The van der Waals surface area contributed by atoms with Crippen molar-refractivity contribution in [2.24, 2.45) is 11.8 Å². The first-order valence-corrected chi connectivity index (χ1v) is 4.82. The van der Waals surface area contributed by atoms with E-state index in [2.05, 4.69) is 0 Å². The van der Waals surface area contributed by atoms with Gasteiger partial charge in [-0.05, 0) is 24.3 Å². The zero-order valence-corrected chi connectivity index (χ0v) is 8.91. The molecule has 1 atom stereocenters. The van der Waals surface area contributed by atoms with Gasteiger partial charge in [0.05, 0.1) is 4.92 Å². The van der Waals surface area contributed by atoms with E-state index >= 15 is 0 Å². The first-order valence-electron chi connectivity index (χ1n) is 4.82. The minimum atomic E-state index is -0.258. The molecule has 1 unspecified atom stereocenters. The summed E-state index contributed by atoms with van der Waals surface area (Å²) >= 11 is 0. The van der Waals surface area contributed by atoms with E-state index in [9.17, 15) is 10.1 Å². The molecule has 0 rings (SSSR count). The highest BCUT2D eigenvalue weighted by molar-refractivity contribution is 4.95. The van der Waals surface area contributed by atoms with Crippen LogP contribution in [0.15, 0.2) is 11.8 Å². The van der Waals surface area contributed by atoms with Crippen molar-refractivity contribution in [1.82, 2.24) is 0 Å². The van der Waals surface area contributed by atoms with Gasteiger partial charge >= 0.3 is 0 Å². The first kappa shape index (κ1) is 12.1. The lowest BCUT2D eigenvalue weighted by Crippen LogP contribution is -2.04. The Kier molecular flexibility index (Phi) is 5.35. The second kappa shape index (κ2) is 5.73. The Hall–Kier alpha value is -0.860. The molecule has 0 radical (unpaired) electrons. The molecule has 0 fully saturated rings. The fourth-order valence-corrected chi connectivity index (χ4v) is 1.07. The lowest BCUT2D eigenvalue weighted by atomic mass is 10.0. The predicted molar refractivity (Wildman–Crippen MR) is 54.0 cm³/mol. The van der Waals surface area contributed by atoms with Gasteiger partial charge in [-0.25, -0.2) is 0 Å². The largest absolute Gasteiger partial charge is 0.259 e. The van der Waals surface area contributed by atoms with Crippen LogP contribution in [-0.2, 0) is 0 Å². The van der Waals surface area contributed by atoms with Crippen molar-refractivity contribution >= 4 is 0 Å². The summed E-state index contributed by atoms with van der Waals surface area (Å²) in [5.41, 5.74) is 0.365. The maximum absolute atomic E-state index is 10.6. The van der Waals surface area contributed by atoms with Crippen LogP contribution < -0.4 is 0 Å². The molecule has 0 saturated heterocycles. The van der Waals surface area contributed by atoms with Crippen molar-refractivity contribution in [3.63, 3.8) is 0 Å². The number of hydrogen-bond acceptors (Lipinski definition) is 2. The normalized spacial score (nSPS) is 14.7. The lowest BCUT2D eigenvalue weighted by Gasteiger charge is -2.04. The topological polar surface area (TPSA) is 43.1 Å². The smallest absolute Gasteiger partial charge is 0.242 e. The molecular weight excluding hydrogens is 166 g/mol. The number of nitrogens with zero attached hydrogens (tertiary/aromatic N) is 1. The lowest BCUT2D eigenvalue weighted by molar-refractivity contribution is -0.429. The van der Waals surface area contributed by atoms with Gasteiger partial charge in [-0.15, -0.1) is 0 Å². The van der Waals surface area contributed by atoms with Gasteiger partial charge < -0.3 is 0 Å². The Balaban J connectivity index is 4.41. The average molecular weight is 185 g/mol. The van der Waals surface area contributed by atoms with E-state index in [0.717, 1.165) is 6.42 Å². The van der Waals surface area contributed by atoms with Crippen molar-refractivity contribution in [3.05, 3.63) is 21.9 Å². The number of hydrogen-bond donors (Lipinski definition) is 0. The van der Waals surface area contributed by atoms with E-state index in [0.29, 0.717) is 24.0 Å². The van der Waals surface area contributed by atoms with Gasteiger partial charge in [0.15, 0.2) is 0 Å². The summed E-state index contributed by atoms with van der Waals surface area (Å²) < 4.78 is 0. The van der Waals surface area contributed by atoms with Crippen LogP contribution in [0.1, 0.15) is 40.5 Å². The van der Waals surface area contributed by atoms with Crippen LogP contribution in [0.3, 0.4) is 0 Å². The number of allylic oxidation sites excluding steroid dienone is 2. The van der Waals surface area contributed by atoms with Crippen LogP contribution in [0.5, 0.6) is 0 Å². The Labute approximate surface area is 80.0 Å². The molecule has 0 heterocycles. The highest BCUT2D eigenvalue weighted by atomic mass is 16.6.